The van der Waals surface area contributed by atoms with Gasteiger partial charge in [0.15, 0.2) is 0 Å². The summed E-state index contributed by atoms with van der Waals surface area (Å²) in [5.74, 6) is -0.221. The SMILES string of the molecule is O=C(CCCCCc1ccccc1)N[C@H]1C=C(CO)[C@@H](O)C(O)[C@H]1O. The Morgan fingerprint density at radius 3 is 2.40 bits per heavy atom. The molecule has 1 unspecified atom stereocenters. The first-order chi connectivity index (χ1) is 12.0. The molecule has 138 valence electrons. The third-order valence-electron chi connectivity index (χ3n) is 4.54. The lowest BCUT2D eigenvalue weighted by Gasteiger charge is -2.34. The first-order valence-electron chi connectivity index (χ1n) is 8.72. The van der Waals surface area contributed by atoms with Crippen molar-refractivity contribution >= 4 is 5.91 Å². The average molecular weight is 349 g/mol. The predicted octanol–water partition coefficient (Wildman–Crippen LogP) is 0.289. The maximum atomic E-state index is 12.0. The molecule has 0 heterocycles. The van der Waals surface area contributed by atoms with Crippen molar-refractivity contribution < 1.29 is 25.2 Å². The number of hydrogen-bond acceptors (Lipinski definition) is 5. The van der Waals surface area contributed by atoms with Gasteiger partial charge < -0.3 is 25.7 Å². The van der Waals surface area contributed by atoms with Crippen molar-refractivity contribution in [1.29, 1.82) is 0 Å². The van der Waals surface area contributed by atoms with Crippen LogP contribution in [0.3, 0.4) is 0 Å². The smallest absolute Gasteiger partial charge is 0.220 e. The summed E-state index contributed by atoms with van der Waals surface area (Å²) in [6, 6.07) is 9.37. The second-order valence-corrected chi connectivity index (χ2v) is 6.47. The Balaban J connectivity index is 1.71. The van der Waals surface area contributed by atoms with Gasteiger partial charge in [0.05, 0.1) is 12.6 Å². The molecule has 0 saturated heterocycles. The molecule has 0 spiro atoms. The topological polar surface area (TPSA) is 110 Å². The van der Waals surface area contributed by atoms with E-state index >= 15 is 0 Å². The zero-order valence-corrected chi connectivity index (χ0v) is 14.2. The van der Waals surface area contributed by atoms with E-state index in [1.807, 2.05) is 18.2 Å². The number of amides is 1. The molecule has 25 heavy (non-hydrogen) atoms. The standard InChI is InChI=1S/C19H27NO5/c21-12-14-11-15(18(24)19(25)17(14)23)20-16(22)10-6-2-5-9-13-7-3-1-4-8-13/h1,3-4,7-8,11,15,17-19,21,23-25H,2,5-6,9-10,12H2,(H,20,22)/t15-,17+,18-,19?/m0/s1. The average Bonchev–Trinajstić information content (AvgIpc) is 2.62. The van der Waals surface area contributed by atoms with Gasteiger partial charge in [0.25, 0.3) is 0 Å². The molecule has 1 amide bonds. The molecule has 5 N–H and O–H groups in total. The quantitative estimate of drug-likeness (QED) is 0.342. The van der Waals surface area contributed by atoms with Crippen molar-refractivity contribution in [3.63, 3.8) is 0 Å². The molecule has 0 aromatic heterocycles. The highest BCUT2D eigenvalue weighted by Crippen LogP contribution is 2.20. The van der Waals surface area contributed by atoms with Crippen LogP contribution in [0.5, 0.6) is 0 Å². The Morgan fingerprint density at radius 2 is 1.72 bits per heavy atom. The van der Waals surface area contributed by atoms with E-state index < -0.39 is 31.0 Å². The summed E-state index contributed by atoms with van der Waals surface area (Å²) in [6.45, 7) is -0.434. The number of aliphatic hydroxyl groups excluding tert-OH is 4. The highest BCUT2D eigenvalue weighted by atomic mass is 16.4. The lowest BCUT2D eigenvalue weighted by Crippen LogP contribution is -2.55. The molecule has 1 aliphatic carbocycles. The molecule has 0 fully saturated rings. The summed E-state index contributed by atoms with van der Waals surface area (Å²) >= 11 is 0. The van der Waals surface area contributed by atoms with Gasteiger partial charge >= 0.3 is 0 Å². The second kappa shape index (κ2) is 9.68. The molecule has 0 aliphatic heterocycles. The normalized spacial score (nSPS) is 26.2. The highest BCUT2D eigenvalue weighted by molar-refractivity contribution is 5.76. The highest BCUT2D eigenvalue weighted by Gasteiger charge is 2.37. The van der Waals surface area contributed by atoms with Gasteiger partial charge in [-0.1, -0.05) is 42.8 Å². The molecule has 1 aromatic rings. The van der Waals surface area contributed by atoms with Crippen LogP contribution in [0.1, 0.15) is 31.2 Å². The van der Waals surface area contributed by atoms with Crippen LogP contribution in [0, 0.1) is 0 Å². The van der Waals surface area contributed by atoms with Gasteiger partial charge in [-0.15, -0.1) is 0 Å². The Morgan fingerprint density at radius 1 is 1.00 bits per heavy atom. The van der Waals surface area contributed by atoms with Crippen LogP contribution in [-0.2, 0) is 11.2 Å². The predicted molar refractivity (Wildman–Crippen MR) is 93.7 cm³/mol. The maximum absolute atomic E-state index is 12.0. The Bertz CT molecular complexity index is 574. The summed E-state index contributed by atoms with van der Waals surface area (Å²) in [5, 5.41) is 41.3. The van der Waals surface area contributed by atoms with Gasteiger partial charge in [-0.25, -0.2) is 0 Å². The van der Waals surface area contributed by atoms with E-state index in [2.05, 4.69) is 17.4 Å². The number of carbonyl (C=O) groups is 1. The van der Waals surface area contributed by atoms with Crippen molar-refractivity contribution in [3.05, 3.63) is 47.5 Å². The molecule has 0 bridgehead atoms. The number of rotatable bonds is 8. The van der Waals surface area contributed by atoms with E-state index in [0.29, 0.717) is 6.42 Å². The summed E-state index contributed by atoms with van der Waals surface area (Å²) in [7, 11) is 0. The Hall–Kier alpha value is -1.73. The number of nitrogens with one attached hydrogen (secondary N) is 1. The summed E-state index contributed by atoms with van der Waals surface area (Å²) in [6.07, 6.45) is 1.35. The largest absolute Gasteiger partial charge is 0.392 e. The molecule has 1 aromatic carbocycles. The van der Waals surface area contributed by atoms with Crippen LogP contribution >= 0.6 is 0 Å². The first kappa shape index (κ1) is 19.6. The van der Waals surface area contributed by atoms with Crippen LogP contribution in [0.15, 0.2) is 42.0 Å². The third-order valence-corrected chi connectivity index (χ3v) is 4.54. The molecule has 0 saturated carbocycles. The maximum Gasteiger partial charge on any atom is 0.220 e. The van der Waals surface area contributed by atoms with Gasteiger partial charge in [-0.3, -0.25) is 4.79 Å². The van der Waals surface area contributed by atoms with Crippen LogP contribution in [-0.4, -0.2) is 57.3 Å². The van der Waals surface area contributed by atoms with Gasteiger partial charge in [0.2, 0.25) is 5.91 Å². The van der Waals surface area contributed by atoms with E-state index in [1.165, 1.54) is 11.6 Å². The van der Waals surface area contributed by atoms with Crippen LogP contribution in [0.2, 0.25) is 0 Å². The Labute approximate surface area is 147 Å². The fraction of sp³-hybridized carbons (Fsp3) is 0.526. The number of benzene rings is 1. The fourth-order valence-electron chi connectivity index (χ4n) is 3.01. The van der Waals surface area contributed by atoms with Crippen molar-refractivity contribution in [2.75, 3.05) is 6.61 Å². The lowest BCUT2D eigenvalue weighted by atomic mass is 9.88. The third kappa shape index (κ3) is 5.64. The van der Waals surface area contributed by atoms with Crippen LogP contribution < -0.4 is 5.32 Å². The number of carbonyl (C=O) groups excluding carboxylic acids is 1. The lowest BCUT2D eigenvalue weighted by molar-refractivity contribution is -0.124. The van der Waals surface area contributed by atoms with E-state index in [0.717, 1.165) is 25.7 Å². The van der Waals surface area contributed by atoms with E-state index in [4.69, 9.17) is 0 Å². The van der Waals surface area contributed by atoms with Crippen molar-refractivity contribution in [1.82, 2.24) is 5.32 Å². The summed E-state index contributed by atoms with van der Waals surface area (Å²) in [4.78, 5) is 12.0. The van der Waals surface area contributed by atoms with Gasteiger partial charge in [0.1, 0.15) is 18.3 Å². The van der Waals surface area contributed by atoms with Crippen LogP contribution in [0.4, 0.5) is 0 Å². The molecule has 1 aliphatic rings. The second-order valence-electron chi connectivity index (χ2n) is 6.47. The summed E-state index contributed by atoms with van der Waals surface area (Å²) < 4.78 is 0. The molecule has 6 heteroatoms. The molecule has 0 radical (unpaired) electrons. The van der Waals surface area contributed by atoms with Crippen molar-refractivity contribution in [2.45, 2.75) is 56.5 Å². The van der Waals surface area contributed by atoms with Crippen LogP contribution in [0.25, 0.3) is 0 Å². The minimum Gasteiger partial charge on any atom is -0.392 e. The number of aryl methyl sites for hydroxylation is 1. The van der Waals surface area contributed by atoms with E-state index in [-0.39, 0.29) is 11.5 Å². The Kier molecular flexibility index (Phi) is 7.58. The number of hydrogen-bond donors (Lipinski definition) is 5. The summed E-state index contributed by atoms with van der Waals surface area (Å²) in [5.41, 5.74) is 1.48. The van der Waals surface area contributed by atoms with Crippen molar-refractivity contribution in [3.8, 4) is 0 Å². The minimum atomic E-state index is -1.43. The van der Waals surface area contributed by atoms with Gasteiger partial charge in [-0.05, 0) is 30.4 Å². The van der Waals surface area contributed by atoms with Crippen molar-refractivity contribution in [2.24, 2.45) is 0 Å². The fourth-order valence-corrected chi connectivity index (χ4v) is 3.01. The molecule has 6 nitrogen and oxygen atoms in total. The first-order valence-corrected chi connectivity index (χ1v) is 8.72. The molecular formula is C19H27NO5. The molecule has 4 atom stereocenters. The van der Waals surface area contributed by atoms with Gasteiger partial charge in [-0.2, -0.15) is 0 Å². The number of unbranched alkanes of at least 4 members (excludes halogenated alkanes) is 2. The zero-order chi connectivity index (χ0) is 18.2. The van der Waals surface area contributed by atoms with Gasteiger partial charge in [0, 0.05) is 6.42 Å². The number of aliphatic hydroxyl groups is 4. The van der Waals surface area contributed by atoms with E-state index in [1.54, 1.807) is 0 Å². The monoisotopic (exact) mass is 349 g/mol. The van der Waals surface area contributed by atoms with E-state index in [9.17, 15) is 25.2 Å². The minimum absolute atomic E-state index is 0.200. The molecule has 2 rings (SSSR count). The molecular weight excluding hydrogens is 322 g/mol. The zero-order valence-electron chi connectivity index (χ0n) is 14.2.